The molecule has 2 aromatic rings. The lowest BCUT2D eigenvalue weighted by Gasteiger charge is -2.33. The van der Waals surface area contributed by atoms with Crippen LogP contribution in [0.2, 0.25) is 0 Å². The third-order valence-corrected chi connectivity index (χ3v) is 8.50. The van der Waals surface area contributed by atoms with Crippen LogP contribution in [0.15, 0.2) is 35.2 Å². The third kappa shape index (κ3) is 5.97. The van der Waals surface area contributed by atoms with Gasteiger partial charge in [0.25, 0.3) is 0 Å². The molecule has 33 heavy (non-hydrogen) atoms. The van der Waals surface area contributed by atoms with Crippen LogP contribution in [0, 0.1) is 5.82 Å². The normalized spacial score (nSPS) is 15.5. The van der Waals surface area contributed by atoms with E-state index < -0.39 is 21.8 Å². The zero-order chi connectivity index (χ0) is 24.2. The van der Waals surface area contributed by atoms with Gasteiger partial charge in [-0.2, -0.15) is 4.31 Å². The number of rotatable bonds is 8. The van der Waals surface area contributed by atoms with Crippen LogP contribution in [0.3, 0.4) is 0 Å². The standard InChI is InChI=1S/C22H28FN3O5S2/c1-4-31-22(28)16-13-18(15(2)3)32-21(16)24-20(27)14-25-9-11-26(12-10-25)33(29,30)19-8-6-5-7-17(19)23/h5-8,13,15H,4,9-12,14H2,1-3H3,(H,24,27). The van der Waals surface area contributed by atoms with Crippen LogP contribution in [0.4, 0.5) is 9.39 Å². The number of sulfonamides is 1. The number of nitrogens with one attached hydrogen (secondary N) is 1. The number of amides is 1. The highest BCUT2D eigenvalue weighted by Gasteiger charge is 2.31. The monoisotopic (exact) mass is 497 g/mol. The molecule has 1 N–H and O–H groups in total. The lowest BCUT2D eigenvalue weighted by atomic mass is 10.1. The van der Waals surface area contributed by atoms with Crippen molar-refractivity contribution in [1.29, 1.82) is 0 Å². The molecule has 0 spiro atoms. The molecule has 1 aliphatic rings. The first-order chi connectivity index (χ1) is 15.6. The number of anilines is 1. The fraction of sp³-hybridized carbons (Fsp3) is 0.455. The summed E-state index contributed by atoms with van der Waals surface area (Å²) in [6, 6.07) is 7.03. The Morgan fingerprint density at radius 3 is 2.45 bits per heavy atom. The van der Waals surface area contributed by atoms with Crippen LogP contribution in [0.5, 0.6) is 0 Å². The van der Waals surface area contributed by atoms with Gasteiger partial charge in [-0.15, -0.1) is 11.3 Å². The number of ether oxygens (including phenoxy) is 1. The van der Waals surface area contributed by atoms with Crippen molar-refractivity contribution in [3.63, 3.8) is 0 Å². The van der Waals surface area contributed by atoms with Gasteiger partial charge in [-0.25, -0.2) is 17.6 Å². The highest BCUT2D eigenvalue weighted by Crippen LogP contribution is 2.33. The summed E-state index contributed by atoms with van der Waals surface area (Å²) in [7, 11) is -3.94. The van der Waals surface area contributed by atoms with Gasteiger partial charge in [-0.1, -0.05) is 26.0 Å². The Bertz CT molecular complexity index is 1110. The molecule has 0 bridgehead atoms. The molecule has 0 atom stereocenters. The predicted octanol–water partition coefficient (Wildman–Crippen LogP) is 3.13. The van der Waals surface area contributed by atoms with Gasteiger partial charge in [0, 0.05) is 31.1 Å². The van der Waals surface area contributed by atoms with E-state index in [1.807, 2.05) is 18.7 Å². The van der Waals surface area contributed by atoms with Gasteiger partial charge >= 0.3 is 5.97 Å². The Balaban J connectivity index is 1.61. The first-order valence-electron chi connectivity index (χ1n) is 10.7. The summed E-state index contributed by atoms with van der Waals surface area (Å²) < 4.78 is 45.8. The third-order valence-electron chi connectivity index (χ3n) is 5.22. The number of carbonyl (C=O) groups is 2. The number of piperazine rings is 1. The first kappa shape index (κ1) is 25.3. The molecule has 8 nitrogen and oxygen atoms in total. The predicted molar refractivity (Wildman–Crippen MR) is 125 cm³/mol. The van der Waals surface area contributed by atoms with Crippen molar-refractivity contribution in [3.8, 4) is 0 Å². The van der Waals surface area contributed by atoms with E-state index >= 15 is 0 Å². The maximum Gasteiger partial charge on any atom is 0.341 e. The summed E-state index contributed by atoms with van der Waals surface area (Å²) in [4.78, 5) is 27.4. The van der Waals surface area contributed by atoms with Gasteiger partial charge in [0.15, 0.2) is 0 Å². The molecule has 1 aromatic carbocycles. The molecule has 11 heteroatoms. The van der Waals surface area contributed by atoms with E-state index in [1.165, 1.54) is 33.8 Å². The van der Waals surface area contributed by atoms with E-state index in [0.717, 1.165) is 10.9 Å². The second kappa shape index (κ2) is 10.7. The average Bonchev–Trinajstić information content (AvgIpc) is 3.18. The summed E-state index contributed by atoms with van der Waals surface area (Å²) >= 11 is 1.34. The second-order valence-electron chi connectivity index (χ2n) is 7.93. The zero-order valence-electron chi connectivity index (χ0n) is 18.8. The van der Waals surface area contributed by atoms with Crippen molar-refractivity contribution in [2.45, 2.75) is 31.6 Å². The van der Waals surface area contributed by atoms with E-state index in [0.29, 0.717) is 23.7 Å². The Morgan fingerprint density at radius 2 is 1.85 bits per heavy atom. The van der Waals surface area contributed by atoms with Crippen molar-refractivity contribution in [3.05, 3.63) is 46.6 Å². The molecule has 180 valence electrons. The molecule has 0 unspecified atom stereocenters. The summed E-state index contributed by atoms with van der Waals surface area (Å²) in [5.74, 6) is -1.38. The van der Waals surface area contributed by atoms with Crippen LogP contribution < -0.4 is 5.32 Å². The first-order valence-corrected chi connectivity index (χ1v) is 13.0. The number of esters is 1. The Kier molecular flexibility index (Phi) is 8.22. The minimum absolute atomic E-state index is 0.0464. The summed E-state index contributed by atoms with van der Waals surface area (Å²) in [6.07, 6.45) is 0. The van der Waals surface area contributed by atoms with Crippen molar-refractivity contribution < 1.29 is 27.1 Å². The summed E-state index contributed by atoms with van der Waals surface area (Å²) in [6.45, 7) is 6.95. The van der Waals surface area contributed by atoms with Gasteiger partial charge in [-0.3, -0.25) is 9.69 Å². The number of halogens is 1. The van der Waals surface area contributed by atoms with Crippen LogP contribution in [-0.4, -0.2) is 68.8 Å². The lowest BCUT2D eigenvalue weighted by molar-refractivity contribution is -0.117. The topological polar surface area (TPSA) is 96.0 Å². The molecular formula is C22H28FN3O5S2. The molecule has 2 heterocycles. The number of carbonyl (C=O) groups excluding carboxylic acids is 2. The van der Waals surface area contributed by atoms with Gasteiger partial charge in [-0.05, 0) is 31.0 Å². The van der Waals surface area contributed by atoms with E-state index in [1.54, 1.807) is 13.0 Å². The number of nitrogens with zero attached hydrogens (tertiary/aromatic N) is 2. The highest BCUT2D eigenvalue weighted by atomic mass is 32.2. The largest absolute Gasteiger partial charge is 0.462 e. The number of hydrogen-bond acceptors (Lipinski definition) is 7. The van der Waals surface area contributed by atoms with E-state index in [9.17, 15) is 22.4 Å². The highest BCUT2D eigenvalue weighted by molar-refractivity contribution is 7.89. The molecule has 0 aliphatic carbocycles. The van der Waals surface area contributed by atoms with Gasteiger partial charge in [0.05, 0.1) is 18.7 Å². The maximum atomic E-state index is 14.0. The maximum absolute atomic E-state index is 14.0. The van der Waals surface area contributed by atoms with Crippen molar-refractivity contribution in [2.24, 2.45) is 0 Å². The minimum atomic E-state index is -3.94. The summed E-state index contributed by atoms with van der Waals surface area (Å²) in [5, 5.41) is 3.25. The van der Waals surface area contributed by atoms with E-state index in [2.05, 4.69) is 5.32 Å². The van der Waals surface area contributed by atoms with E-state index in [-0.39, 0.29) is 43.0 Å². The molecule has 1 fully saturated rings. The van der Waals surface area contributed by atoms with Gasteiger partial charge in [0.1, 0.15) is 15.7 Å². The quantitative estimate of drug-likeness (QED) is 0.563. The van der Waals surface area contributed by atoms with Crippen LogP contribution in [0.25, 0.3) is 0 Å². The van der Waals surface area contributed by atoms with Gasteiger partial charge < -0.3 is 10.1 Å². The SMILES string of the molecule is CCOC(=O)c1cc(C(C)C)sc1NC(=O)CN1CCN(S(=O)(=O)c2ccccc2F)CC1. The smallest absolute Gasteiger partial charge is 0.341 e. The van der Waals surface area contributed by atoms with Crippen LogP contribution in [0.1, 0.15) is 41.9 Å². The molecular weight excluding hydrogens is 469 g/mol. The average molecular weight is 498 g/mol. The Morgan fingerprint density at radius 1 is 1.18 bits per heavy atom. The Labute approximate surface area is 197 Å². The molecule has 1 amide bonds. The number of hydrogen-bond donors (Lipinski definition) is 1. The lowest BCUT2D eigenvalue weighted by Crippen LogP contribution is -2.50. The van der Waals surface area contributed by atoms with Crippen LogP contribution >= 0.6 is 11.3 Å². The van der Waals surface area contributed by atoms with Crippen LogP contribution in [-0.2, 0) is 19.6 Å². The molecule has 0 radical (unpaired) electrons. The molecule has 3 rings (SSSR count). The molecule has 1 saturated heterocycles. The zero-order valence-corrected chi connectivity index (χ0v) is 20.5. The molecule has 1 aliphatic heterocycles. The minimum Gasteiger partial charge on any atom is -0.462 e. The fourth-order valence-corrected chi connectivity index (χ4v) is 5.99. The number of benzene rings is 1. The fourth-order valence-electron chi connectivity index (χ4n) is 3.44. The molecule has 0 saturated carbocycles. The van der Waals surface area contributed by atoms with Crippen molar-refractivity contribution in [2.75, 3.05) is 44.6 Å². The van der Waals surface area contributed by atoms with Crippen molar-refractivity contribution >= 4 is 38.2 Å². The van der Waals surface area contributed by atoms with Crippen molar-refractivity contribution in [1.82, 2.24) is 9.21 Å². The number of thiophene rings is 1. The second-order valence-corrected chi connectivity index (χ2v) is 10.9. The Hall–Kier alpha value is -2.34. The van der Waals surface area contributed by atoms with E-state index in [4.69, 9.17) is 4.74 Å². The molecule has 1 aromatic heterocycles. The summed E-state index contributed by atoms with van der Waals surface area (Å²) in [5.41, 5.74) is 0.333. The van der Waals surface area contributed by atoms with Gasteiger partial charge in [0.2, 0.25) is 15.9 Å².